The molecule has 0 spiro atoms. The summed E-state index contributed by atoms with van der Waals surface area (Å²) in [4.78, 5) is 0. The summed E-state index contributed by atoms with van der Waals surface area (Å²) in [5, 5.41) is 9.38. The van der Waals surface area contributed by atoms with Gasteiger partial charge in [-0.05, 0) is 37.0 Å². The second-order valence-corrected chi connectivity index (χ2v) is 4.69. The molecule has 0 saturated heterocycles. The maximum atomic E-state index is 8.85. The maximum Gasteiger partial charge on any atom is 0.184 e. The lowest BCUT2D eigenvalue weighted by molar-refractivity contribution is 0.252. The number of rotatable bonds is 6. The number of nitriles is 1. The first-order chi connectivity index (χ1) is 8.60. The molecule has 3 nitrogen and oxygen atoms in total. The predicted octanol–water partition coefficient (Wildman–Crippen LogP) is 3.30. The lowest BCUT2D eigenvalue weighted by atomic mass is 10.0. The normalized spacial score (nSPS) is 13.7. The van der Waals surface area contributed by atoms with Crippen molar-refractivity contribution in [2.24, 2.45) is 5.73 Å². The molecule has 2 N–H and O–H groups in total. The predicted molar refractivity (Wildman–Crippen MR) is 73.7 cm³/mol. The van der Waals surface area contributed by atoms with E-state index in [2.05, 4.69) is 13.0 Å². The van der Waals surface area contributed by atoms with Crippen molar-refractivity contribution < 1.29 is 4.74 Å². The molecule has 0 aliphatic heterocycles. The van der Waals surface area contributed by atoms with Crippen molar-refractivity contribution in [2.75, 3.05) is 0 Å². The van der Waals surface area contributed by atoms with E-state index in [-0.39, 0.29) is 6.04 Å². The number of ether oxygens (including phenoxy) is 1. The fraction of sp³-hybridized carbons (Fsp3) is 0.500. The molecule has 0 aliphatic carbocycles. The quantitative estimate of drug-likeness (QED) is 0.859. The summed E-state index contributed by atoms with van der Waals surface area (Å²) in [6, 6.07) is 7.84. The van der Waals surface area contributed by atoms with Crippen LogP contribution in [-0.2, 0) is 6.42 Å². The molecule has 4 heteroatoms. The SMILES string of the molecule is CCC(N)Cc1ccc(OC(C#N)CC)c(Cl)c1. The van der Waals surface area contributed by atoms with Crippen LogP contribution in [0, 0.1) is 11.3 Å². The van der Waals surface area contributed by atoms with E-state index in [9.17, 15) is 0 Å². The third kappa shape index (κ3) is 4.21. The standard InChI is InChI=1S/C14H19ClN2O/c1-3-11(17)7-10-5-6-14(13(15)8-10)18-12(4-2)9-16/h5-6,8,11-12H,3-4,7,17H2,1-2H3. The topological polar surface area (TPSA) is 59.0 Å². The summed E-state index contributed by atoms with van der Waals surface area (Å²) in [5.41, 5.74) is 6.99. The molecule has 0 aliphatic rings. The molecular weight excluding hydrogens is 248 g/mol. The van der Waals surface area contributed by atoms with Gasteiger partial charge in [0.1, 0.15) is 11.8 Å². The smallest absolute Gasteiger partial charge is 0.184 e. The Morgan fingerprint density at radius 1 is 1.39 bits per heavy atom. The van der Waals surface area contributed by atoms with E-state index in [4.69, 9.17) is 27.3 Å². The highest BCUT2D eigenvalue weighted by atomic mass is 35.5. The van der Waals surface area contributed by atoms with Crippen LogP contribution in [0.2, 0.25) is 5.02 Å². The van der Waals surface area contributed by atoms with E-state index in [1.165, 1.54) is 0 Å². The highest BCUT2D eigenvalue weighted by molar-refractivity contribution is 6.32. The van der Waals surface area contributed by atoms with Gasteiger partial charge in [0.05, 0.1) is 5.02 Å². The minimum Gasteiger partial charge on any atom is -0.474 e. The van der Waals surface area contributed by atoms with E-state index in [1.807, 2.05) is 19.1 Å². The molecular formula is C14H19ClN2O. The van der Waals surface area contributed by atoms with Crippen LogP contribution in [0.3, 0.4) is 0 Å². The Bertz CT molecular complexity index is 428. The Labute approximate surface area is 114 Å². The first-order valence-corrected chi connectivity index (χ1v) is 6.58. The number of halogens is 1. The highest BCUT2D eigenvalue weighted by Crippen LogP contribution is 2.27. The second kappa shape index (κ2) is 7.25. The molecule has 98 valence electrons. The summed E-state index contributed by atoms with van der Waals surface area (Å²) >= 11 is 6.14. The van der Waals surface area contributed by atoms with Crippen LogP contribution in [0.4, 0.5) is 0 Å². The summed E-state index contributed by atoms with van der Waals surface area (Å²) in [7, 11) is 0. The maximum absolute atomic E-state index is 8.85. The van der Waals surface area contributed by atoms with Crippen molar-refractivity contribution >= 4 is 11.6 Å². The van der Waals surface area contributed by atoms with Crippen LogP contribution >= 0.6 is 11.6 Å². The van der Waals surface area contributed by atoms with Crippen LogP contribution < -0.4 is 10.5 Å². The molecule has 18 heavy (non-hydrogen) atoms. The Balaban J connectivity index is 2.77. The molecule has 0 aromatic heterocycles. The first kappa shape index (κ1) is 14.8. The van der Waals surface area contributed by atoms with Gasteiger partial charge in [0.2, 0.25) is 0 Å². The average molecular weight is 267 g/mol. The fourth-order valence-corrected chi connectivity index (χ4v) is 1.82. The zero-order valence-corrected chi connectivity index (χ0v) is 11.6. The van der Waals surface area contributed by atoms with Gasteiger partial charge < -0.3 is 10.5 Å². The van der Waals surface area contributed by atoms with Crippen LogP contribution in [0.15, 0.2) is 18.2 Å². The molecule has 1 aromatic carbocycles. The zero-order valence-electron chi connectivity index (χ0n) is 10.8. The minimum atomic E-state index is -0.453. The third-order valence-corrected chi connectivity index (χ3v) is 3.10. The number of hydrogen-bond donors (Lipinski definition) is 1. The first-order valence-electron chi connectivity index (χ1n) is 6.20. The van der Waals surface area contributed by atoms with Crippen molar-refractivity contribution in [3.63, 3.8) is 0 Å². The Hall–Kier alpha value is -1.24. The molecule has 0 bridgehead atoms. The van der Waals surface area contributed by atoms with Gasteiger partial charge in [-0.3, -0.25) is 0 Å². The van der Waals surface area contributed by atoms with Crippen molar-refractivity contribution in [3.05, 3.63) is 28.8 Å². The second-order valence-electron chi connectivity index (χ2n) is 4.28. The van der Waals surface area contributed by atoms with Crippen LogP contribution in [0.25, 0.3) is 0 Å². The molecule has 1 rings (SSSR count). The lowest BCUT2D eigenvalue weighted by Gasteiger charge is -2.14. The summed E-state index contributed by atoms with van der Waals surface area (Å²) in [6.07, 6.45) is 1.91. The van der Waals surface area contributed by atoms with Crippen LogP contribution in [0.5, 0.6) is 5.75 Å². The van der Waals surface area contributed by atoms with E-state index in [0.717, 1.165) is 18.4 Å². The number of nitrogens with zero attached hydrogens (tertiary/aromatic N) is 1. The van der Waals surface area contributed by atoms with Crippen LogP contribution in [0.1, 0.15) is 32.3 Å². The number of benzene rings is 1. The van der Waals surface area contributed by atoms with Crippen molar-refractivity contribution in [1.82, 2.24) is 0 Å². The van der Waals surface area contributed by atoms with Crippen molar-refractivity contribution in [1.29, 1.82) is 5.26 Å². The van der Waals surface area contributed by atoms with E-state index in [1.54, 1.807) is 6.07 Å². The Morgan fingerprint density at radius 3 is 2.61 bits per heavy atom. The Kier molecular flexibility index (Phi) is 5.97. The van der Waals surface area contributed by atoms with Gasteiger partial charge in [-0.1, -0.05) is 31.5 Å². The van der Waals surface area contributed by atoms with Gasteiger partial charge in [-0.15, -0.1) is 0 Å². The van der Waals surface area contributed by atoms with E-state index >= 15 is 0 Å². The third-order valence-electron chi connectivity index (χ3n) is 2.80. The number of nitrogens with two attached hydrogens (primary N) is 1. The summed E-state index contributed by atoms with van der Waals surface area (Å²) in [6.45, 7) is 3.96. The molecule has 0 saturated carbocycles. The minimum absolute atomic E-state index is 0.148. The summed E-state index contributed by atoms with van der Waals surface area (Å²) < 4.78 is 5.51. The van der Waals surface area contributed by atoms with Crippen molar-refractivity contribution in [2.45, 2.75) is 45.3 Å². The molecule has 2 atom stereocenters. The molecule has 0 amide bonds. The molecule has 1 aromatic rings. The largest absolute Gasteiger partial charge is 0.474 e. The van der Waals surface area contributed by atoms with E-state index in [0.29, 0.717) is 17.2 Å². The van der Waals surface area contributed by atoms with Crippen molar-refractivity contribution in [3.8, 4) is 11.8 Å². The van der Waals surface area contributed by atoms with Gasteiger partial charge in [0, 0.05) is 6.04 Å². The van der Waals surface area contributed by atoms with E-state index < -0.39 is 6.10 Å². The fourth-order valence-electron chi connectivity index (χ4n) is 1.57. The zero-order chi connectivity index (χ0) is 13.5. The molecule has 0 heterocycles. The van der Waals surface area contributed by atoms with Gasteiger partial charge in [-0.2, -0.15) is 5.26 Å². The average Bonchev–Trinajstić information content (AvgIpc) is 2.38. The molecule has 0 radical (unpaired) electrons. The summed E-state index contributed by atoms with van der Waals surface area (Å²) in [5.74, 6) is 0.555. The number of hydrogen-bond acceptors (Lipinski definition) is 3. The van der Waals surface area contributed by atoms with Gasteiger partial charge >= 0.3 is 0 Å². The van der Waals surface area contributed by atoms with Gasteiger partial charge in [-0.25, -0.2) is 0 Å². The Morgan fingerprint density at radius 2 is 2.11 bits per heavy atom. The van der Waals surface area contributed by atoms with Crippen LogP contribution in [-0.4, -0.2) is 12.1 Å². The highest BCUT2D eigenvalue weighted by Gasteiger charge is 2.10. The molecule has 0 fully saturated rings. The molecule has 2 unspecified atom stereocenters. The van der Waals surface area contributed by atoms with Gasteiger partial charge in [0.15, 0.2) is 6.10 Å². The monoisotopic (exact) mass is 266 g/mol. The van der Waals surface area contributed by atoms with Gasteiger partial charge in [0.25, 0.3) is 0 Å². The lowest BCUT2D eigenvalue weighted by Crippen LogP contribution is -2.21.